The van der Waals surface area contributed by atoms with Gasteiger partial charge in [-0.15, -0.1) is 10.2 Å². The maximum absolute atomic E-state index is 11.6. The van der Waals surface area contributed by atoms with E-state index in [4.69, 9.17) is 10.2 Å². The van der Waals surface area contributed by atoms with Crippen molar-refractivity contribution in [3.8, 4) is 5.75 Å². The molecule has 1 amide bonds. The molecule has 7 heteroatoms. The number of rotatable bonds is 4. The van der Waals surface area contributed by atoms with Crippen LogP contribution in [0, 0.1) is 13.8 Å². The van der Waals surface area contributed by atoms with Gasteiger partial charge in [0, 0.05) is 10.9 Å². The molecule has 1 heterocycles. The molecule has 0 atom stereocenters. The Morgan fingerprint density at radius 1 is 1.24 bits per heavy atom. The van der Waals surface area contributed by atoms with Gasteiger partial charge >= 0.3 is 0 Å². The molecular weight excluding hydrogens is 322 g/mol. The molecule has 0 aliphatic rings. The average molecular weight is 337 g/mol. The Kier molecular flexibility index (Phi) is 4.06. The van der Waals surface area contributed by atoms with E-state index in [9.17, 15) is 14.7 Å². The second-order valence-corrected chi connectivity index (χ2v) is 5.53. The molecule has 3 N–H and O–H groups in total. The first-order valence-corrected chi connectivity index (χ1v) is 7.45. The van der Waals surface area contributed by atoms with Crippen LogP contribution in [0.3, 0.4) is 0 Å². The van der Waals surface area contributed by atoms with E-state index in [-0.39, 0.29) is 28.4 Å². The summed E-state index contributed by atoms with van der Waals surface area (Å²) in [6, 6.07) is 8.67. The van der Waals surface area contributed by atoms with Crippen LogP contribution in [0.4, 0.5) is 11.6 Å². The Hall–Kier alpha value is -3.48. The second-order valence-electron chi connectivity index (χ2n) is 5.53. The van der Waals surface area contributed by atoms with Crippen LogP contribution >= 0.6 is 0 Å². The number of azo groups is 1. The van der Waals surface area contributed by atoms with Crippen molar-refractivity contribution in [3.63, 3.8) is 0 Å². The highest BCUT2D eigenvalue weighted by molar-refractivity contribution is 6.01. The Balaban J connectivity index is 2.20. The lowest BCUT2D eigenvalue weighted by Gasteiger charge is -2.06. The molecule has 0 aliphatic carbocycles. The number of primary amides is 1. The Morgan fingerprint density at radius 2 is 1.96 bits per heavy atom. The van der Waals surface area contributed by atoms with Crippen LogP contribution in [-0.4, -0.2) is 17.3 Å². The molecule has 1 aromatic heterocycles. The number of nitrogens with two attached hydrogens (primary N) is 1. The maximum atomic E-state index is 11.6. The van der Waals surface area contributed by atoms with Crippen LogP contribution in [0.25, 0.3) is 10.8 Å². The van der Waals surface area contributed by atoms with Gasteiger partial charge in [-0.1, -0.05) is 24.3 Å². The number of furan rings is 1. The fourth-order valence-corrected chi connectivity index (χ4v) is 2.59. The van der Waals surface area contributed by atoms with Crippen molar-refractivity contribution in [2.75, 3.05) is 0 Å². The van der Waals surface area contributed by atoms with Crippen molar-refractivity contribution < 1.29 is 19.1 Å². The van der Waals surface area contributed by atoms with Gasteiger partial charge in [0.2, 0.25) is 0 Å². The Bertz CT molecular complexity index is 1030. The SMILES string of the molecule is Cc1oc(/N=N/c2c(O)c(C=O)cc3ccccc23)c(C(N)=O)c1C. The highest BCUT2D eigenvalue weighted by atomic mass is 16.4. The molecule has 0 unspecified atom stereocenters. The summed E-state index contributed by atoms with van der Waals surface area (Å²) in [5, 5.41) is 19.6. The van der Waals surface area contributed by atoms with Gasteiger partial charge in [0.1, 0.15) is 17.0 Å². The number of phenols is 1. The van der Waals surface area contributed by atoms with Crippen molar-refractivity contribution in [2.45, 2.75) is 13.8 Å². The first kappa shape index (κ1) is 16.4. The smallest absolute Gasteiger partial charge is 0.254 e. The van der Waals surface area contributed by atoms with Gasteiger partial charge in [0.05, 0.1) is 5.56 Å². The van der Waals surface area contributed by atoms with E-state index in [2.05, 4.69) is 10.2 Å². The molecule has 3 aromatic rings. The quantitative estimate of drug-likeness (QED) is 0.550. The number of nitrogens with zero attached hydrogens (tertiary/aromatic N) is 2. The van der Waals surface area contributed by atoms with Crippen molar-refractivity contribution >= 4 is 34.5 Å². The van der Waals surface area contributed by atoms with Crippen LogP contribution in [0.5, 0.6) is 5.75 Å². The summed E-state index contributed by atoms with van der Waals surface area (Å²) < 4.78 is 5.42. The molecule has 3 rings (SSSR count). The lowest BCUT2D eigenvalue weighted by atomic mass is 10.0. The fourth-order valence-electron chi connectivity index (χ4n) is 2.59. The minimum atomic E-state index is -0.681. The van der Waals surface area contributed by atoms with E-state index >= 15 is 0 Å². The predicted molar refractivity (Wildman–Crippen MR) is 91.9 cm³/mol. The van der Waals surface area contributed by atoms with Gasteiger partial charge in [0.25, 0.3) is 11.8 Å². The number of hydrogen-bond acceptors (Lipinski definition) is 6. The van der Waals surface area contributed by atoms with Crippen LogP contribution < -0.4 is 5.73 Å². The number of carbonyl (C=O) groups excluding carboxylic acids is 2. The summed E-state index contributed by atoms with van der Waals surface area (Å²) in [7, 11) is 0. The summed E-state index contributed by atoms with van der Waals surface area (Å²) in [4.78, 5) is 22.8. The minimum absolute atomic E-state index is 0.0394. The minimum Gasteiger partial charge on any atom is -0.505 e. The highest BCUT2D eigenvalue weighted by Gasteiger charge is 2.20. The molecule has 0 saturated carbocycles. The number of benzene rings is 2. The van der Waals surface area contributed by atoms with Crippen molar-refractivity contribution in [2.24, 2.45) is 16.0 Å². The van der Waals surface area contributed by atoms with Gasteiger partial charge in [-0.25, -0.2) is 0 Å². The summed E-state index contributed by atoms with van der Waals surface area (Å²) in [5.74, 6) is -0.516. The number of fused-ring (bicyclic) bond motifs is 1. The molecule has 0 saturated heterocycles. The van der Waals surface area contributed by atoms with Crippen LogP contribution in [0.1, 0.15) is 32.0 Å². The zero-order valence-corrected chi connectivity index (χ0v) is 13.6. The van der Waals surface area contributed by atoms with E-state index in [1.165, 1.54) is 0 Å². The molecule has 0 bridgehead atoms. The molecule has 25 heavy (non-hydrogen) atoms. The number of carbonyl (C=O) groups is 2. The second kappa shape index (κ2) is 6.20. The number of aromatic hydroxyl groups is 1. The van der Waals surface area contributed by atoms with E-state index < -0.39 is 5.91 Å². The van der Waals surface area contributed by atoms with Gasteiger partial charge in [-0.2, -0.15) is 0 Å². The lowest BCUT2D eigenvalue weighted by Crippen LogP contribution is -2.11. The summed E-state index contributed by atoms with van der Waals surface area (Å²) >= 11 is 0. The van der Waals surface area contributed by atoms with Crippen LogP contribution in [-0.2, 0) is 0 Å². The number of aldehydes is 1. The number of hydrogen-bond donors (Lipinski definition) is 2. The first-order valence-electron chi connectivity index (χ1n) is 7.45. The largest absolute Gasteiger partial charge is 0.505 e. The Labute approximate surface area is 142 Å². The summed E-state index contributed by atoms with van der Waals surface area (Å²) in [6.07, 6.45) is 0.539. The van der Waals surface area contributed by atoms with E-state index in [1.54, 1.807) is 44.2 Å². The molecule has 126 valence electrons. The third-order valence-corrected chi connectivity index (χ3v) is 4.01. The zero-order chi connectivity index (χ0) is 18.1. The van der Waals surface area contributed by atoms with Crippen molar-refractivity contribution in [3.05, 3.63) is 52.8 Å². The molecule has 0 radical (unpaired) electrons. The van der Waals surface area contributed by atoms with Crippen LogP contribution in [0.15, 0.2) is 45.0 Å². The lowest BCUT2D eigenvalue weighted by molar-refractivity contribution is 0.0999. The molecule has 0 spiro atoms. The third kappa shape index (κ3) is 2.76. The monoisotopic (exact) mass is 337 g/mol. The molecule has 7 nitrogen and oxygen atoms in total. The number of phenolic OH excluding ortho intramolecular Hbond substituents is 1. The van der Waals surface area contributed by atoms with Gasteiger partial charge in [-0.05, 0) is 25.3 Å². The number of aryl methyl sites for hydroxylation is 1. The maximum Gasteiger partial charge on any atom is 0.254 e. The van der Waals surface area contributed by atoms with E-state index in [0.29, 0.717) is 23.0 Å². The molecule has 0 fully saturated rings. The van der Waals surface area contributed by atoms with E-state index in [0.717, 1.165) is 5.39 Å². The van der Waals surface area contributed by atoms with Crippen LogP contribution in [0.2, 0.25) is 0 Å². The van der Waals surface area contributed by atoms with E-state index in [1.807, 2.05) is 0 Å². The predicted octanol–water partition coefficient (Wildman–Crippen LogP) is 4.08. The number of amides is 1. The zero-order valence-electron chi connectivity index (χ0n) is 13.6. The summed E-state index contributed by atoms with van der Waals surface area (Å²) in [5.41, 5.74) is 6.29. The molecule has 0 aliphatic heterocycles. The highest BCUT2D eigenvalue weighted by Crippen LogP contribution is 2.39. The van der Waals surface area contributed by atoms with Crippen molar-refractivity contribution in [1.29, 1.82) is 0 Å². The normalized spacial score (nSPS) is 11.3. The summed E-state index contributed by atoms with van der Waals surface area (Å²) in [6.45, 7) is 3.37. The molecular formula is C18H15N3O4. The Morgan fingerprint density at radius 3 is 2.64 bits per heavy atom. The first-order chi connectivity index (χ1) is 11.9. The molecule has 2 aromatic carbocycles. The van der Waals surface area contributed by atoms with Gasteiger partial charge in [-0.3, -0.25) is 9.59 Å². The average Bonchev–Trinajstić information content (AvgIpc) is 2.88. The third-order valence-electron chi connectivity index (χ3n) is 4.01. The topological polar surface area (TPSA) is 118 Å². The van der Waals surface area contributed by atoms with Gasteiger partial charge in [0.15, 0.2) is 12.0 Å². The standard InChI is InChI=1S/C18H15N3O4/c1-9-10(2)25-18(14(9)17(19)24)21-20-15-13-6-4-3-5-11(13)7-12(8-22)16(15)23/h3-8,23H,1-2H3,(H2,19,24)/b21-20+. The van der Waals surface area contributed by atoms with Gasteiger partial charge < -0.3 is 15.3 Å². The fraction of sp³-hybridized carbons (Fsp3) is 0.111. The van der Waals surface area contributed by atoms with Crippen molar-refractivity contribution in [1.82, 2.24) is 0 Å².